The fraction of sp³-hybridized carbons (Fsp3) is 0.276. The highest BCUT2D eigenvalue weighted by atomic mass is 32.1. The molecule has 1 aliphatic rings. The van der Waals surface area contributed by atoms with Gasteiger partial charge in [0.05, 0.1) is 6.42 Å². The van der Waals surface area contributed by atoms with Gasteiger partial charge in [0.2, 0.25) is 5.91 Å². The molecule has 184 valence electrons. The first-order valence-corrected chi connectivity index (χ1v) is 13.1. The SMILES string of the molecule is Cc1ccc(Cc2nsc(Oc3ccc(CC(=O)N4CCN(Cc5ccccc5)CC4)cc3)n2)cc1. The number of benzene rings is 3. The van der Waals surface area contributed by atoms with Crippen LogP contribution in [0.2, 0.25) is 0 Å². The molecule has 1 aromatic heterocycles. The van der Waals surface area contributed by atoms with Gasteiger partial charge in [0.1, 0.15) is 5.75 Å². The van der Waals surface area contributed by atoms with Crippen LogP contribution in [0.1, 0.15) is 28.1 Å². The third kappa shape index (κ3) is 6.56. The van der Waals surface area contributed by atoms with Crippen molar-refractivity contribution < 1.29 is 9.53 Å². The van der Waals surface area contributed by atoms with E-state index < -0.39 is 0 Å². The Morgan fingerprint density at radius 2 is 1.56 bits per heavy atom. The minimum atomic E-state index is 0.174. The van der Waals surface area contributed by atoms with Crippen molar-refractivity contribution in [2.75, 3.05) is 26.2 Å². The molecule has 4 aromatic rings. The van der Waals surface area contributed by atoms with Crippen LogP contribution >= 0.6 is 11.5 Å². The lowest BCUT2D eigenvalue weighted by molar-refractivity contribution is -0.132. The summed E-state index contributed by atoms with van der Waals surface area (Å²) in [6.45, 7) is 6.37. The van der Waals surface area contributed by atoms with Crippen LogP contribution in [-0.2, 0) is 24.2 Å². The van der Waals surface area contributed by atoms with Gasteiger partial charge in [0.15, 0.2) is 5.82 Å². The number of carbonyl (C=O) groups is 1. The Balaban J connectivity index is 1.08. The number of ether oxygens (including phenoxy) is 1. The maximum Gasteiger partial charge on any atom is 0.298 e. The summed E-state index contributed by atoms with van der Waals surface area (Å²) in [6, 6.07) is 26.6. The average Bonchev–Trinajstić information content (AvgIpc) is 3.34. The first-order valence-electron chi connectivity index (χ1n) is 12.3. The molecule has 0 radical (unpaired) electrons. The number of hydrogen-bond donors (Lipinski definition) is 0. The number of amides is 1. The summed E-state index contributed by atoms with van der Waals surface area (Å²) in [6.07, 6.45) is 1.08. The highest BCUT2D eigenvalue weighted by molar-refractivity contribution is 7.07. The van der Waals surface area contributed by atoms with Crippen molar-refractivity contribution in [3.8, 4) is 10.9 Å². The van der Waals surface area contributed by atoms with Crippen LogP contribution in [0.4, 0.5) is 0 Å². The molecule has 0 atom stereocenters. The van der Waals surface area contributed by atoms with E-state index in [-0.39, 0.29) is 5.91 Å². The number of aromatic nitrogens is 2. The molecule has 2 heterocycles. The molecule has 3 aromatic carbocycles. The first-order chi connectivity index (χ1) is 17.6. The Labute approximate surface area is 216 Å². The highest BCUT2D eigenvalue weighted by Crippen LogP contribution is 2.24. The minimum Gasteiger partial charge on any atom is -0.430 e. The molecule has 0 unspecified atom stereocenters. The van der Waals surface area contributed by atoms with Gasteiger partial charge < -0.3 is 9.64 Å². The number of nitrogens with zero attached hydrogens (tertiary/aromatic N) is 4. The summed E-state index contributed by atoms with van der Waals surface area (Å²) in [7, 11) is 0. The van der Waals surface area contributed by atoms with Gasteiger partial charge >= 0.3 is 0 Å². The summed E-state index contributed by atoms with van der Waals surface area (Å²) in [5.41, 5.74) is 4.71. The second kappa shape index (κ2) is 11.5. The van der Waals surface area contributed by atoms with Gasteiger partial charge in [-0.15, -0.1) is 0 Å². The lowest BCUT2D eigenvalue weighted by Gasteiger charge is -2.34. The van der Waals surface area contributed by atoms with Gasteiger partial charge in [0, 0.05) is 50.7 Å². The molecule has 7 heteroatoms. The molecule has 36 heavy (non-hydrogen) atoms. The smallest absolute Gasteiger partial charge is 0.298 e. The van der Waals surface area contributed by atoms with Crippen LogP contribution in [0.25, 0.3) is 0 Å². The number of carbonyl (C=O) groups excluding carboxylic acids is 1. The lowest BCUT2D eigenvalue weighted by Crippen LogP contribution is -2.48. The first kappa shape index (κ1) is 24.2. The molecule has 0 N–H and O–H groups in total. The predicted molar refractivity (Wildman–Crippen MR) is 142 cm³/mol. The van der Waals surface area contributed by atoms with Crippen LogP contribution < -0.4 is 4.74 Å². The molecule has 6 nitrogen and oxygen atoms in total. The van der Waals surface area contributed by atoms with Crippen LogP contribution in [-0.4, -0.2) is 51.2 Å². The molecule has 5 rings (SSSR count). The van der Waals surface area contributed by atoms with E-state index in [0.29, 0.717) is 23.8 Å². The maximum absolute atomic E-state index is 12.8. The normalized spacial score (nSPS) is 14.1. The Hall–Kier alpha value is -3.55. The van der Waals surface area contributed by atoms with E-state index in [0.717, 1.165) is 44.1 Å². The van der Waals surface area contributed by atoms with Gasteiger partial charge in [-0.1, -0.05) is 72.3 Å². The van der Waals surface area contributed by atoms with Crippen molar-refractivity contribution in [3.05, 3.63) is 107 Å². The second-order valence-electron chi connectivity index (χ2n) is 9.20. The van der Waals surface area contributed by atoms with E-state index in [9.17, 15) is 4.79 Å². The average molecular weight is 499 g/mol. The second-order valence-corrected chi connectivity index (χ2v) is 9.92. The third-order valence-corrected chi connectivity index (χ3v) is 7.02. The number of aryl methyl sites for hydroxylation is 1. The lowest BCUT2D eigenvalue weighted by atomic mass is 10.1. The van der Waals surface area contributed by atoms with Crippen LogP contribution in [0, 0.1) is 6.92 Å². The number of piperazine rings is 1. The molecule has 1 fully saturated rings. The fourth-order valence-corrected chi connectivity index (χ4v) is 4.87. The summed E-state index contributed by atoms with van der Waals surface area (Å²) in [4.78, 5) is 21.7. The molecule has 0 spiro atoms. The quantitative estimate of drug-likeness (QED) is 0.338. The summed E-state index contributed by atoms with van der Waals surface area (Å²) in [5, 5.41) is 0.523. The molecular weight excluding hydrogens is 468 g/mol. The number of rotatable bonds is 8. The Morgan fingerprint density at radius 3 is 2.28 bits per heavy atom. The summed E-state index contributed by atoms with van der Waals surface area (Å²) < 4.78 is 10.3. The van der Waals surface area contributed by atoms with Crippen molar-refractivity contribution in [2.45, 2.75) is 26.3 Å². The van der Waals surface area contributed by atoms with Gasteiger partial charge in [-0.25, -0.2) is 0 Å². The van der Waals surface area contributed by atoms with Crippen molar-refractivity contribution in [1.29, 1.82) is 0 Å². The molecular formula is C29H30N4O2S. The number of hydrogen-bond acceptors (Lipinski definition) is 6. The summed E-state index contributed by atoms with van der Waals surface area (Å²) in [5.74, 6) is 1.62. The van der Waals surface area contributed by atoms with Crippen molar-refractivity contribution in [2.24, 2.45) is 0 Å². The van der Waals surface area contributed by atoms with E-state index in [1.54, 1.807) is 0 Å². The van der Waals surface area contributed by atoms with Gasteiger partial charge in [-0.3, -0.25) is 9.69 Å². The van der Waals surface area contributed by atoms with E-state index in [2.05, 4.69) is 69.7 Å². The van der Waals surface area contributed by atoms with E-state index in [1.807, 2.05) is 35.2 Å². The standard InChI is InChI=1S/C29H30N4O2S/c1-22-7-9-23(10-8-22)19-27-30-29(36-31-27)35-26-13-11-24(12-14-26)20-28(34)33-17-15-32(16-18-33)21-25-5-3-2-4-6-25/h2-14H,15-21H2,1H3. The topological polar surface area (TPSA) is 58.6 Å². The van der Waals surface area contributed by atoms with E-state index >= 15 is 0 Å². The summed E-state index contributed by atoms with van der Waals surface area (Å²) >= 11 is 1.25. The third-order valence-electron chi connectivity index (χ3n) is 6.39. The van der Waals surface area contributed by atoms with Gasteiger partial charge in [-0.05, 0) is 35.7 Å². The Morgan fingerprint density at radius 1 is 0.861 bits per heavy atom. The van der Waals surface area contributed by atoms with Crippen molar-refractivity contribution in [1.82, 2.24) is 19.2 Å². The van der Waals surface area contributed by atoms with Gasteiger partial charge in [-0.2, -0.15) is 9.36 Å². The van der Waals surface area contributed by atoms with E-state index in [1.165, 1.54) is 28.2 Å². The monoisotopic (exact) mass is 498 g/mol. The maximum atomic E-state index is 12.8. The molecule has 1 aliphatic heterocycles. The van der Waals surface area contributed by atoms with Crippen LogP contribution in [0.3, 0.4) is 0 Å². The Kier molecular flexibility index (Phi) is 7.69. The fourth-order valence-electron chi connectivity index (χ4n) is 4.30. The van der Waals surface area contributed by atoms with E-state index in [4.69, 9.17) is 4.74 Å². The zero-order valence-corrected chi connectivity index (χ0v) is 21.3. The minimum absolute atomic E-state index is 0.174. The van der Waals surface area contributed by atoms with Crippen molar-refractivity contribution >= 4 is 17.4 Å². The van der Waals surface area contributed by atoms with Crippen molar-refractivity contribution in [3.63, 3.8) is 0 Å². The van der Waals surface area contributed by atoms with Gasteiger partial charge in [0.25, 0.3) is 5.19 Å². The zero-order chi connectivity index (χ0) is 24.7. The molecule has 1 saturated heterocycles. The highest BCUT2D eigenvalue weighted by Gasteiger charge is 2.21. The van der Waals surface area contributed by atoms with Crippen LogP contribution in [0.5, 0.6) is 10.9 Å². The van der Waals surface area contributed by atoms with Crippen LogP contribution in [0.15, 0.2) is 78.9 Å². The molecule has 0 saturated carbocycles. The Bertz CT molecular complexity index is 1260. The zero-order valence-electron chi connectivity index (χ0n) is 20.5. The molecule has 0 bridgehead atoms. The largest absolute Gasteiger partial charge is 0.430 e. The predicted octanol–water partition coefficient (Wildman–Crippen LogP) is 5.12. The molecule has 0 aliphatic carbocycles. The molecule has 1 amide bonds.